The number of rotatable bonds is 4. The van der Waals surface area contributed by atoms with Crippen LogP contribution in [0.1, 0.15) is 11.3 Å². The maximum Gasteiger partial charge on any atom is 0.246 e. The van der Waals surface area contributed by atoms with Crippen LogP contribution in [-0.2, 0) is 24.7 Å². The third-order valence-electron chi connectivity index (χ3n) is 5.46. The lowest BCUT2D eigenvalue weighted by Gasteiger charge is -2.34. The molecule has 1 aromatic carbocycles. The number of carbonyl (C=O) groups excluding carboxylic acids is 1. The fourth-order valence-corrected chi connectivity index (χ4v) is 9.67. The number of benzene rings is 1. The molecule has 30 heavy (non-hydrogen) atoms. The summed E-state index contributed by atoms with van der Waals surface area (Å²) in [7, 11) is -6.95. The van der Waals surface area contributed by atoms with Crippen LogP contribution in [0.15, 0.2) is 30.3 Å². The molecule has 0 spiro atoms. The minimum atomic E-state index is -3.68. The lowest BCUT2D eigenvalue weighted by atomic mass is 10.2. The Morgan fingerprint density at radius 1 is 1.17 bits per heavy atom. The van der Waals surface area contributed by atoms with E-state index in [1.807, 2.05) is 24.3 Å². The lowest BCUT2D eigenvalue weighted by Crippen LogP contribution is -2.52. The van der Waals surface area contributed by atoms with E-state index >= 15 is 0 Å². The number of amides is 1. The van der Waals surface area contributed by atoms with Gasteiger partial charge in [-0.05, 0) is 18.6 Å². The molecule has 2 fully saturated rings. The van der Waals surface area contributed by atoms with E-state index in [0.29, 0.717) is 5.02 Å². The normalized spacial score (nSPS) is 22.8. The van der Waals surface area contributed by atoms with Crippen LogP contribution in [0.5, 0.6) is 0 Å². The zero-order valence-corrected chi connectivity index (χ0v) is 19.2. The molecule has 0 aliphatic carbocycles. The number of piperazine rings is 1. The van der Waals surface area contributed by atoms with Crippen molar-refractivity contribution in [1.82, 2.24) is 9.21 Å². The van der Waals surface area contributed by atoms with Gasteiger partial charge in [-0.15, -0.1) is 11.3 Å². The van der Waals surface area contributed by atoms with Crippen LogP contribution in [0.2, 0.25) is 5.02 Å². The van der Waals surface area contributed by atoms with Crippen LogP contribution >= 0.6 is 22.9 Å². The van der Waals surface area contributed by atoms with Crippen LogP contribution in [0, 0.1) is 0 Å². The van der Waals surface area contributed by atoms with E-state index in [-0.39, 0.29) is 50.0 Å². The van der Waals surface area contributed by atoms with Gasteiger partial charge in [0.15, 0.2) is 9.84 Å². The van der Waals surface area contributed by atoms with Crippen LogP contribution in [-0.4, -0.2) is 74.9 Å². The van der Waals surface area contributed by atoms with E-state index in [9.17, 15) is 21.6 Å². The number of sulfonamides is 1. The second kappa shape index (κ2) is 8.23. The zero-order chi connectivity index (χ0) is 21.5. The third kappa shape index (κ3) is 4.29. The summed E-state index contributed by atoms with van der Waals surface area (Å²) in [5.41, 5.74) is 0. The summed E-state index contributed by atoms with van der Waals surface area (Å²) in [6.07, 6.45) is 3.30. The van der Waals surface area contributed by atoms with Crippen LogP contribution in [0.25, 0.3) is 16.2 Å². The van der Waals surface area contributed by atoms with Crippen LogP contribution < -0.4 is 0 Å². The predicted molar refractivity (Wildman–Crippen MR) is 120 cm³/mol. The van der Waals surface area contributed by atoms with Gasteiger partial charge in [0, 0.05) is 47.2 Å². The van der Waals surface area contributed by atoms with E-state index in [2.05, 4.69) is 0 Å². The minimum absolute atomic E-state index is 0.0829. The molecule has 0 radical (unpaired) electrons. The Morgan fingerprint density at radius 2 is 1.87 bits per heavy atom. The molecule has 1 amide bonds. The van der Waals surface area contributed by atoms with Crippen molar-refractivity contribution in [3.8, 4) is 0 Å². The highest BCUT2D eigenvalue weighted by Gasteiger charge is 2.41. The van der Waals surface area contributed by atoms with E-state index in [1.54, 1.807) is 11.0 Å². The van der Waals surface area contributed by atoms with Crippen molar-refractivity contribution in [3.63, 3.8) is 0 Å². The quantitative estimate of drug-likeness (QED) is 0.615. The molecule has 1 unspecified atom stereocenters. The molecule has 2 aliphatic heterocycles. The minimum Gasteiger partial charge on any atom is -0.337 e. The van der Waals surface area contributed by atoms with Crippen molar-refractivity contribution in [2.24, 2.45) is 0 Å². The number of nitrogens with zero attached hydrogens (tertiary/aromatic N) is 2. The number of halogens is 1. The Hall–Kier alpha value is -1.46. The van der Waals surface area contributed by atoms with Gasteiger partial charge in [0.2, 0.25) is 15.9 Å². The smallest absolute Gasteiger partial charge is 0.246 e. The average Bonchev–Trinajstić information content (AvgIpc) is 3.26. The van der Waals surface area contributed by atoms with Gasteiger partial charge in [-0.2, -0.15) is 4.31 Å². The average molecular weight is 489 g/mol. The van der Waals surface area contributed by atoms with Crippen molar-refractivity contribution in [1.29, 1.82) is 0 Å². The van der Waals surface area contributed by atoms with Gasteiger partial charge in [-0.1, -0.05) is 29.8 Å². The monoisotopic (exact) mass is 488 g/mol. The molecule has 0 bridgehead atoms. The molecule has 2 saturated heterocycles. The summed E-state index contributed by atoms with van der Waals surface area (Å²) in [6, 6.07) is 7.75. The summed E-state index contributed by atoms with van der Waals surface area (Å²) < 4.78 is 51.1. The molecule has 3 heterocycles. The number of carbonyl (C=O) groups is 1. The van der Waals surface area contributed by atoms with Crippen molar-refractivity contribution < 1.29 is 21.6 Å². The Labute approximate surface area is 184 Å². The lowest BCUT2D eigenvalue weighted by molar-refractivity contribution is -0.127. The zero-order valence-electron chi connectivity index (χ0n) is 16.0. The highest BCUT2D eigenvalue weighted by molar-refractivity contribution is 7.95. The van der Waals surface area contributed by atoms with E-state index in [4.69, 9.17) is 11.6 Å². The van der Waals surface area contributed by atoms with E-state index in [1.165, 1.54) is 21.7 Å². The fraction of sp³-hybridized carbons (Fsp3) is 0.421. The topological polar surface area (TPSA) is 91.8 Å². The summed E-state index contributed by atoms with van der Waals surface area (Å²) in [5, 5.41) is 0.686. The molecule has 0 N–H and O–H groups in total. The molecule has 4 rings (SSSR count). The Balaban J connectivity index is 1.38. The Bertz CT molecular complexity index is 1210. The Morgan fingerprint density at radius 3 is 2.50 bits per heavy atom. The van der Waals surface area contributed by atoms with Crippen molar-refractivity contribution in [3.05, 3.63) is 40.2 Å². The summed E-state index contributed by atoms with van der Waals surface area (Å²) in [6.45, 7) is 0.869. The first-order valence-electron chi connectivity index (χ1n) is 9.51. The third-order valence-corrected chi connectivity index (χ3v) is 11.4. The number of hydrogen-bond donors (Lipinski definition) is 0. The molecule has 2 aliphatic rings. The van der Waals surface area contributed by atoms with Crippen molar-refractivity contribution in [2.75, 3.05) is 37.7 Å². The van der Waals surface area contributed by atoms with Crippen LogP contribution in [0.4, 0.5) is 0 Å². The maximum atomic E-state index is 12.7. The molecule has 0 saturated carbocycles. The summed E-state index contributed by atoms with van der Waals surface area (Å²) in [5.74, 6) is -0.600. The van der Waals surface area contributed by atoms with Gasteiger partial charge in [0.1, 0.15) is 0 Å². The second-order valence-electron chi connectivity index (χ2n) is 7.40. The molecular formula is C19H21ClN2O5S3. The molecular weight excluding hydrogens is 468 g/mol. The molecule has 1 atom stereocenters. The largest absolute Gasteiger partial charge is 0.337 e. The number of sulfone groups is 1. The van der Waals surface area contributed by atoms with Gasteiger partial charge in [-0.25, -0.2) is 16.8 Å². The molecule has 7 nitrogen and oxygen atoms in total. The van der Waals surface area contributed by atoms with Crippen LogP contribution in [0.3, 0.4) is 0 Å². The standard InChI is InChI=1S/C19H21ClN2O5S3/c20-19-15-3-1-2-4-16(15)28-17(19)5-6-18(23)21-8-10-22(11-9-21)30(26,27)14-7-12-29(24,25)13-14/h1-6,14H,7-13H2. The number of fused-ring (bicyclic) bond motifs is 1. The highest BCUT2D eigenvalue weighted by Crippen LogP contribution is 2.36. The summed E-state index contributed by atoms with van der Waals surface area (Å²) >= 11 is 7.90. The highest BCUT2D eigenvalue weighted by atomic mass is 35.5. The summed E-state index contributed by atoms with van der Waals surface area (Å²) in [4.78, 5) is 14.9. The first kappa shape index (κ1) is 21.8. The molecule has 1 aromatic heterocycles. The number of thiophene rings is 1. The second-order valence-corrected chi connectivity index (χ2v) is 13.3. The first-order valence-corrected chi connectivity index (χ1v) is 14.0. The SMILES string of the molecule is O=C(C=Cc1sc2ccccc2c1Cl)N1CCN(S(=O)(=O)C2CCS(=O)(=O)C2)CC1. The van der Waals surface area contributed by atoms with E-state index in [0.717, 1.165) is 15.0 Å². The molecule has 162 valence electrons. The maximum absolute atomic E-state index is 12.7. The van der Waals surface area contributed by atoms with Gasteiger partial charge in [-0.3, -0.25) is 4.79 Å². The van der Waals surface area contributed by atoms with Crippen molar-refractivity contribution >= 4 is 64.9 Å². The van der Waals surface area contributed by atoms with Gasteiger partial charge < -0.3 is 4.90 Å². The number of hydrogen-bond acceptors (Lipinski definition) is 6. The van der Waals surface area contributed by atoms with E-state index < -0.39 is 25.1 Å². The van der Waals surface area contributed by atoms with Gasteiger partial charge in [0.05, 0.1) is 21.8 Å². The Kier molecular flexibility index (Phi) is 5.97. The molecule has 2 aromatic rings. The fourth-order valence-electron chi connectivity index (χ4n) is 3.76. The van der Waals surface area contributed by atoms with Crippen molar-refractivity contribution in [2.45, 2.75) is 11.7 Å². The van der Waals surface area contributed by atoms with Gasteiger partial charge >= 0.3 is 0 Å². The predicted octanol–water partition coefficient (Wildman–Crippen LogP) is 2.23. The molecule has 11 heteroatoms. The van der Waals surface area contributed by atoms with Gasteiger partial charge in [0.25, 0.3) is 0 Å². The first-order chi connectivity index (χ1) is 14.2.